The van der Waals surface area contributed by atoms with Gasteiger partial charge in [-0.1, -0.05) is 66.7 Å². The topological polar surface area (TPSA) is 66.4 Å². The van der Waals surface area contributed by atoms with E-state index in [-0.39, 0.29) is 30.3 Å². The van der Waals surface area contributed by atoms with Gasteiger partial charge in [0.1, 0.15) is 0 Å². The second kappa shape index (κ2) is 8.71. The van der Waals surface area contributed by atoms with Gasteiger partial charge in [0.05, 0.1) is 12.6 Å². The van der Waals surface area contributed by atoms with Crippen LogP contribution in [0.15, 0.2) is 78.9 Å². The van der Waals surface area contributed by atoms with Gasteiger partial charge in [-0.05, 0) is 59.9 Å². The summed E-state index contributed by atoms with van der Waals surface area (Å²) in [6, 6.07) is 24.8. The van der Waals surface area contributed by atoms with Gasteiger partial charge in [-0.15, -0.1) is 0 Å². The SMILES string of the molecule is O=C(N[C@H](CO)Cc1ccccc1)c1ccc(C(=O)C2C3CCC2c2ccccc23)cc1. The van der Waals surface area contributed by atoms with Crippen molar-refractivity contribution in [1.82, 2.24) is 5.32 Å². The van der Waals surface area contributed by atoms with Gasteiger partial charge in [0.2, 0.25) is 0 Å². The Bertz CT molecular complexity index is 1090. The van der Waals surface area contributed by atoms with Crippen LogP contribution < -0.4 is 5.32 Å². The lowest BCUT2D eigenvalue weighted by molar-refractivity contribution is 0.0901. The number of amides is 1. The number of aliphatic hydroxyl groups is 1. The number of hydrogen-bond acceptors (Lipinski definition) is 3. The summed E-state index contributed by atoms with van der Waals surface area (Å²) in [4.78, 5) is 26.0. The molecule has 3 aromatic carbocycles. The van der Waals surface area contributed by atoms with Crippen molar-refractivity contribution < 1.29 is 14.7 Å². The highest BCUT2D eigenvalue weighted by molar-refractivity contribution is 6.01. The lowest BCUT2D eigenvalue weighted by Crippen LogP contribution is -2.39. The van der Waals surface area contributed by atoms with E-state index < -0.39 is 0 Å². The third kappa shape index (κ3) is 3.76. The molecule has 2 aliphatic rings. The molecular weight excluding hydrogens is 398 g/mol. The molecule has 162 valence electrons. The number of rotatable bonds is 7. The van der Waals surface area contributed by atoms with Crippen molar-refractivity contribution in [2.75, 3.05) is 6.61 Å². The van der Waals surface area contributed by atoms with Crippen LogP contribution in [0.1, 0.15) is 62.1 Å². The predicted molar refractivity (Wildman–Crippen MR) is 124 cm³/mol. The number of carbonyl (C=O) groups is 2. The molecule has 4 heteroatoms. The van der Waals surface area contributed by atoms with E-state index in [1.54, 1.807) is 24.3 Å². The lowest BCUT2D eigenvalue weighted by Gasteiger charge is -2.17. The van der Waals surface area contributed by atoms with Crippen LogP contribution in [0, 0.1) is 5.92 Å². The molecule has 32 heavy (non-hydrogen) atoms. The summed E-state index contributed by atoms with van der Waals surface area (Å²) in [6.07, 6.45) is 2.70. The van der Waals surface area contributed by atoms with E-state index in [1.165, 1.54) is 11.1 Å². The van der Waals surface area contributed by atoms with E-state index >= 15 is 0 Å². The maximum atomic E-state index is 13.4. The van der Waals surface area contributed by atoms with Crippen molar-refractivity contribution in [2.24, 2.45) is 5.92 Å². The first-order valence-corrected chi connectivity index (χ1v) is 11.3. The minimum Gasteiger partial charge on any atom is -0.394 e. The number of ketones is 1. The van der Waals surface area contributed by atoms with Crippen molar-refractivity contribution in [2.45, 2.75) is 37.1 Å². The number of nitrogens with one attached hydrogen (secondary N) is 1. The zero-order valence-corrected chi connectivity index (χ0v) is 17.9. The number of carbonyl (C=O) groups excluding carboxylic acids is 2. The maximum absolute atomic E-state index is 13.4. The Labute approximate surface area is 188 Å². The molecule has 2 N–H and O–H groups in total. The van der Waals surface area contributed by atoms with Crippen molar-refractivity contribution in [3.05, 3.63) is 107 Å². The highest BCUT2D eigenvalue weighted by Gasteiger charge is 2.49. The molecule has 0 aromatic heterocycles. The van der Waals surface area contributed by atoms with E-state index in [2.05, 4.69) is 29.6 Å². The molecule has 3 atom stereocenters. The van der Waals surface area contributed by atoms with Crippen LogP contribution >= 0.6 is 0 Å². The molecule has 0 spiro atoms. The summed E-state index contributed by atoms with van der Waals surface area (Å²) in [5.74, 6) is 0.576. The Balaban J connectivity index is 1.26. The predicted octanol–water partition coefficient (Wildman–Crippen LogP) is 4.49. The molecule has 2 bridgehead atoms. The summed E-state index contributed by atoms with van der Waals surface area (Å²) in [5, 5.41) is 12.6. The summed E-state index contributed by atoms with van der Waals surface area (Å²) < 4.78 is 0. The molecule has 0 heterocycles. The largest absolute Gasteiger partial charge is 0.394 e. The molecule has 1 fully saturated rings. The number of benzene rings is 3. The number of fused-ring (bicyclic) bond motifs is 5. The fraction of sp³-hybridized carbons (Fsp3) is 0.286. The molecule has 4 nitrogen and oxygen atoms in total. The third-order valence-corrected chi connectivity index (χ3v) is 7.07. The van der Waals surface area contributed by atoms with Crippen molar-refractivity contribution in [3.8, 4) is 0 Å². The molecule has 2 unspecified atom stereocenters. The van der Waals surface area contributed by atoms with E-state index in [9.17, 15) is 14.7 Å². The van der Waals surface area contributed by atoms with Gasteiger partial charge in [-0.2, -0.15) is 0 Å². The number of hydrogen-bond donors (Lipinski definition) is 2. The highest BCUT2D eigenvalue weighted by Crippen LogP contribution is 2.57. The first kappa shape index (κ1) is 20.7. The van der Waals surface area contributed by atoms with Crippen LogP contribution in [0.4, 0.5) is 0 Å². The monoisotopic (exact) mass is 425 g/mol. The molecule has 5 rings (SSSR count). The zero-order valence-electron chi connectivity index (χ0n) is 17.9. The summed E-state index contributed by atoms with van der Waals surface area (Å²) in [7, 11) is 0. The van der Waals surface area contributed by atoms with Crippen LogP contribution in [0.5, 0.6) is 0 Å². The summed E-state index contributed by atoms with van der Waals surface area (Å²) in [6.45, 7) is -0.137. The van der Waals surface area contributed by atoms with Gasteiger partial charge >= 0.3 is 0 Å². The van der Waals surface area contributed by atoms with E-state index in [4.69, 9.17) is 0 Å². The molecule has 2 aliphatic carbocycles. The Hall–Kier alpha value is -3.24. The van der Waals surface area contributed by atoms with E-state index in [0.29, 0.717) is 29.4 Å². The van der Waals surface area contributed by atoms with Gasteiger partial charge in [-0.3, -0.25) is 9.59 Å². The molecule has 3 aromatic rings. The van der Waals surface area contributed by atoms with Gasteiger partial charge < -0.3 is 10.4 Å². The van der Waals surface area contributed by atoms with Crippen LogP contribution in [0.3, 0.4) is 0 Å². The van der Waals surface area contributed by atoms with Gasteiger partial charge in [0, 0.05) is 17.0 Å². The molecule has 1 amide bonds. The maximum Gasteiger partial charge on any atom is 0.251 e. The first-order chi connectivity index (χ1) is 15.7. The van der Waals surface area contributed by atoms with Crippen LogP contribution in [0.2, 0.25) is 0 Å². The average Bonchev–Trinajstić information content (AvgIpc) is 3.41. The minimum atomic E-state index is -0.362. The van der Waals surface area contributed by atoms with Crippen molar-refractivity contribution in [1.29, 1.82) is 0 Å². The molecule has 0 aliphatic heterocycles. The second-order valence-corrected chi connectivity index (χ2v) is 8.93. The van der Waals surface area contributed by atoms with Crippen LogP contribution in [-0.2, 0) is 6.42 Å². The molecule has 1 saturated carbocycles. The fourth-order valence-electron chi connectivity index (χ4n) is 5.56. The summed E-state index contributed by atoms with van der Waals surface area (Å²) >= 11 is 0. The van der Waals surface area contributed by atoms with Gasteiger partial charge in [-0.25, -0.2) is 0 Å². The van der Waals surface area contributed by atoms with Crippen LogP contribution in [0.25, 0.3) is 0 Å². The van der Waals surface area contributed by atoms with Crippen LogP contribution in [-0.4, -0.2) is 29.4 Å². The smallest absolute Gasteiger partial charge is 0.251 e. The molecular formula is C28H27NO3. The van der Waals surface area contributed by atoms with E-state index in [1.807, 2.05) is 30.3 Å². The molecule has 0 saturated heterocycles. The fourth-order valence-corrected chi connectivity index (χ4v) is 5.56. The Morgan fingerprint density at radius 1 is 0.812 bits per heavy atom. The minimum absolute atomic E-state index is 0.0109. The Morgan fingerprint density at radius 3 is 1.97 bits per heavy atom. The van der Waals surface area contributed by atoms with Crippen molar-refractivity contribution >= 4 is 11.7 Å². The van der Waals surface area contributed by atoms with E-state index in [0.717, 1.165) is 18.4 Å². The average molecular weight is 426 g/mol. The quantitative estimate of drug-likeness (QED) is 0.548. The standard InChI is InChI=1S/C28H27NO3/c30-17-21(16-18-6-2-1-3-7-18)29-28(32)20-12-10-19(11-13-20)27(31)26-24-14-15-25(26)23-9-5-4-8-22(23)24/h1-13,21,24-26,30H,14-17H2,(H,29,32)/t21-,24?,25?,26?/m0/s1. The zero-order chi connectivity index (χ0) is 22.1. The second-order valence-electron chi connectivity index (χ2n) is 8.93. The first-order valence-electron chi connectivity index (χ1n) is 11.3. The van der Waals surface area contributed by atoms with Gasteiger partial charge in [0.25, 0.3) is 5.91 Å². The number of aliphatic hydroxyl groups excluding tert-OH is 1. The highest BCUT2D eigenvalue weighted by atomic mass is 16.3. The molecule has 0 radical (unpaired) electrons. The Morgan fingerprint density at radius 2 is 1.38 bits per heavy atom. The normalized spacial score (nSPS) is 21.7. The third-order valence-electron chi connectivity index (χ3n) is 7.07. The van der Waals surface area contributed by atoms with Gasteiger partial charge in [0.15, 0.2) is 5.78 Å². The number of Topliss-reactive ketones (excluding diaryl/α,β-unsaturated/α-hetero) is 1. The van der Waals surface area contributed by atoms with Crippen molar-refractivity contribution in [3.63, 3.8) is 0 Å². The lowest BCUT2D eigenvalue weighted by atomic mass is 9.87. The Kier molecular flexibility index (Phi) is 5.62. The summed E-state index contributed by atoms with van der Waals surface area (Å²) in [5.41, 5.74) is 4.89.